The molecule has 1 fully saturated rings. The summed E-state index contributed by atoms with van der Waals surface area (Å²) in [7, 11) is -0.593. The van der Waals surface area contributed by atoms with Gasteiger partial charge in [-0.25, -0.2) is 4.79 Å². The topological polar surface area (TPSA) is 58.9 Å². The molecule has 0 N–H and O–H groups in total. The van der Waals surface area contributed by atoms with Gasteiger partial charge in [-0.15, -0.1) is 0 Å². The Morgan fingerprint density at radius 1 is 1.11 bits per heavy atom. The summed E-state index contributed by atoms with van der Waals surface area (Å²) in [5.74, 6) is 0.690. The van der Waals surface area contributed by atoms with Crippen LogP contribution in [0.1, 0.15) is 55.4 Å². The van der Waals surface area contributed by atoms with E-state index in [-0.39, 0.29) is 0 Å². The first-order valence-corrected chi connectivity index (χ1v) is 9.72. The van der Waals surface area contributed by atoms with Crippen molar-refractivity contribution in [3.8, 4) is 5.75 Å². The van der Waals surface area contributed by atoms with Crippen LogP contribution in [0.25, 0.3) is 10.9 Å². The Kier molecular flexibility index (Phi) is 5.05. The zero-order chi connectivity index (χ0) is 20.9. The summed E-state index contributed by atoms with van der Waals surface area (Å²) in [4.78, 5) is 12.6. The number of nitrogens with zero attached hydrogens (tertiary/aromatic N) is 1. The second-order valence-electron chi connectivity index (χ2n) is 9.10. The molecule has 0 atom stereocenters. The minimum Gasteiger partial charge on any atom is -0.494 e. The van der Waals surface area contributed by atoms with E-state index in [9.17, 15) is 4.79 Å². The third-order valence-corrected chi connectivity index (χ3v) is 5.25. The molecule has 2 aromatic rings. The number of rotatable bonds is 3. The van der Waals surface area contributed by atoms with Gasteiger partial charge < -0.3 is 18.8 Å². The molecule has 0 amide bonds. The first kappa shape index (κ1) is 20.7. The van der Waals surface area contributed by atoms with Crippen LogP contribution >= 0.6 is 0 Å². The lowest BCUT2D eigenvalue weighted by Crippen LogP contribution is -2.41. The van der Waals surface area contributed by atoms with Crippen LogP contribution in [0.5, 0.6) is 5.75 Å². The molecule has 28 heavy (non-hydrogen) atoms. The number of fused-ring (bicyclic) bond motifs is 1. The fourth-order valence-electron chi connectivity index (χ4n) is 3.18. The Morgan fingerprint density at radius 3 is 2.25 bits per heavy atom. The summed E-state index contributed by atoms with van der Waals surface area (Å²) >= 11 is 0. The van der Waals surface area contributed by atoms with Crippen molar-refractivity contribution in [2.24, 2.45) is 0 Å². The van der Waals surface area contributed by atoms with Crippen molar-refractivity contribution in [1.29, 1.82) is 0 Å². The average molecular weight is 387 g/mol. The number of ether oxygens (including phenoxy) is 2. The van der Waals surface area contributed by atoms with Crippen LogP contribution in [-0.2, 0) is 14.0 Å². The molecule has 6 nitrogen and oxygen atoms in total. The molecule has 2 heterocycles. The maximum absolute atomic E-state index is 12.6. The van der Waals surface area contributed by atoms with Crippen molar-refractivity contribution in [2.45, 2.75) is 72.2 Å². The van der Waals surface area contributed by atoms with E-state index < -0.39 is 30.0 Å². The van der Waals surface area contributed by atoms with Gasteiger partial charge in [0, 0.05) is 17.0 Å². The molecule has 3 rings (SSSR count). The van der Waals surface area contributed by atoms with E-state index in [1.165, 1.54) is 4.57 Å². The lowest BCUT2D eigenvalue weighted by Gasteiger charge is -2.32. The van der Waals surface area contributed by atoms with Crippen molar-refractivity contribution in [3.63, 3.8) is 0 Å². The van der Waals surface area contributed by atoms with E-state index in [4.69, 9.17) is 18.8 Å². The molecule has 1 saturated heterocycles. The number of hydrogen-bond acceptors (Lipinski definition) is 5. The van der Waals surface area contributed by atoms with Crippen LogP contribution < -0.4 is 10.2 Å². The van der Waals surface area contributed by atoms with Crippen LogP contribution in [0.15, 0.2) is 24.4 Å². The molecular weight excluding hydrogens is 357 g/mol. The normalized spacial score (nSPS) is 18.5. The lowest BCUT2D eigenvalue weighted by atomic mass is 9.76. The molecule has 0 aliphatic carbocycles. The maximum atomic E-state index is 12.6. The van der Waals surface area contributed by atoms with E-state index in [1.807, 2.05) is 73.6 Å². The molecule has 0 radical (unpaired) electrons. The second-order valence-corrected chi connectivity index (χ2v) is 9.10. The number of carbonyl (C=O) groups is 1. The molecular formula is C21H30BNO5. The number of benzene rings is 1. The molecule has 0 bridgehead atoms. The van der Waals surface area contributed by atoms with Crippen molar-refractivity contribution in [1.82, 2.24) is 4.57 Å². The van der Waals surface area contributed by atoms with Crippen LogP contribution in [0, 0.1) is 0 Å². The van der Waals surface area contributed by atoms with Crippen LogP contribution in [0.4, 0.5) is 4.79 Å². The third kappa shape index (κ3) is 3.65. The van der Waals surface area contributed by atoms with E-state index in [2.05, 4.69) is 0 Å². The number of aromatic nitrogens is 1. The summed E-state index contributed by atoms with van der Waals surface area (Å²) in [6.07, 6.45) is 1.29. The molecule has 152 valence electrons. The third-order valence-electron chi connectivity index (χ3n) is 5.25. The molecule has 1 aliphatic rings. The van der Waals surface area contributed by atoms with E-state index in [1.54, 1.807) is 6.20 Å². The molecule has 7 heteroatoms. The van der Waals surface area contributed by atoms with E-state index in [0.717, 1.165) is 16.4 Å². The van der Waals surface area contributed by atoms with Crippen molar-refractivity contribution in [2.75, 3.05) is 6.61 Å². The average Bonchev–Trinajstić information content (AvgIpc) is 3.04. The van der Waals surface area contributed by atoms with E-state index >= 15 is 0 Å². The fourth-order valence-corrected chi connectivity index (χ4v) is 3.18. The Bertz CT molecular complexity index is 878. The van der Waals surface area contributed by atoms with Gasteiger partial charge in [0.05, 0.1) is 23.3 Å². The fraction of sp³-hybridized carbons (Fsp3) is 0.571. The smallest absolute Gasteiger partial charge is 0.494 e. The van der Waals surface area contributed by atoms with Gasteiger partial charge in [0.2, 0.25) is 0 Å². The number of hydrogen-bond donors (Lipinski definition) is 0. The highest BCUT2D eigenvalue weighted by atomic mass is 16.7. The minimum atomic E-state index is -0.593. The summed E-state index contributed by atoms with van der Waals surface area (Å²) in [5.41, 5.74) is -0.00979. The van der Waals surface area contributed by atoms with E-state index in [0.29, 0.717) is 12.4 Å². The lowest BCUT2D eigenvalue weighted by molar-refractivity contribution is 0.00578. The summed E-state index contributed by atoms with van der Waals surface area (Å²) in [6, 6.07) is 5.59. The predicted octanol–water partition coefficient (Wildman–Crippen LogP) is 4.12. The molecule has 1 aromatic carbocycles. The molecule has 0 spiro atoms. The van der Waals surface area contributed by atoms with Gasteiger partial charge in [0.25, 0.3) is 0 Å². The largest absolute Gasteiger partial charge is 0.499 e. The van der Waals surface area contributed by atoms with Crippen LogP contribution in [0.2, 0.25) is 0 Å². The van der Waals surface area contributed by atoms with Gasteiger partial charge in [0.1, 0.15) is 11.4 Å². The molecule has 1 aliphatic heterocycles. The van der Waals surface area contributed by atoms with Crippen molar-refractivity contribution < 1.29 is 23.6 Å². The highest BCUT2D eigenvalue weighted by Crippen LogP contribution is 2.38. The zero-order valence-corrected chi connectivity index (χ0v) is 18.1. The summed E-state index contributed by atoms with van der Waals surface area (Å²) in [6.45, 7) is 16.0. The SMILES string of the molecule is CCOc1ccc2c(ccn2C(=O)OC(C)(C)C)c1B1OC(C)(C)C(C)(C)O1. The Hall–Kier alpha value is -1.99. The highest BCUT2D eigenvalue weighted by molar-refractivity contribution is 6.66. The van der Waals surface area contributed by atoms with Gasteiger partial charge in [-0.05, 0) is 73.6 Å². The number of carbonyl (C=O) groups excluding carboxylic acids is 1. The monoisotopic (exact) mass is 387 g/mol. The first-order valence-electron chi connectivity index (χ1n) is 9.72. The highest BCUT2D eigenvalue weighted by Gasteiger charge is 2.53. The Labute approximate surface area is 167 Å². The Morgan fingerprint density at radius 2 is 1.71 bits per heavy atom. The maximum Gasteiger partial charge on any atom is 0.499 e. The van der Waals surface area contributed by atoms with Gasteiger partial charge in [-0.3, -0.25) is 4.57 Å². The van der Waals surface area contributed by atoms with Gasteiger partial charge in [0.15, 0.2) is 0 Å². The zero-order valence-electron chi connectivity index (χ0n) is 18.1. The predicted molar refractivity (Wildman–Crippen MR) is 110 cm³/mol. The molecule has 0 unspecified atom stereocenters. The van der Waals surface area contributed by atoms with Crippen LogP contribution in [-0.4, -0.2) is 41.2 Å². The second kappa shape index (κ2) is 6.81. The van der Waals surface area contributed by atoms with Crippen molar-refractivity contribution in [3.05, 3.63) is 24.4 Å². The Balaban J connectivity index is 2.11. The van der Waals surface area contributed by atoms with Gasteiger partial charge in [-0.1, -0.05) is 0 Å². The quantitative estimate of drug-likeness (QED) is 0.742. The summed E-state index contributed by atoms with van der Waals surface area (Å²) in [5, 5.41) is 0.843. The van der Waals surface area contributed by atoms with Gasteiger partial charge >= 0.3 is 13.2 Å². The van der Waals surface area contributed by atoms with Crippen LogP contribution in [0.3, 0.4) is 0 Å². The minimum absolute atomic E-state index is 0.425. The molecule has 0 saturated carbocycles. The standard InChI is InChI=1S/C21H30BNO5/c1-9-25-16-11-10-15-14(12-13-23(15)18(24)26-19(2,3)4)17(16)22-27-20(5,6)21(7,8)28-22/h10-13H,9H2,1-8H3. The summed E-state index contributed by atoms with van der Waals surface area (Å²) < 4.78 is 25.4. The van der Waals surface area contributed by atoms with Gasteiger partial charge in [-0.2, -0.15) is 0 Å². The molecule has 1 aromatic heterocycles. The van der Waals surface area contributed by atoms with Crippen molar-refractivity contribution >= 4 is 29.6 Å². The first-order chi connectivity index (χ1) is 12.9.